The highest BCUT2D eigenvalue weighted by Gasteiger charge is 2.15. The fourth-order valence-electron chi connectivity index (χ4n) is 2.52. The smallest absolute Gasteiger partial charge is 0.335 e. The number of halogens is 1. The average molecular weight is 311 g/mol. The largest absolute Gasteiger partial charge is 0.478 e. The van der Waals surface area contributed by atoms with E-state index in [1.807, 2.05) is 0 Å². The molecule has 1 saturated carbocycles. The lowest BCUT2D eigenvalue weighted by molar-refractivity contribution is 0.0697. The molecule has 1 aromatic carbocycles. The van der Waals surface area contributed by atoms with E-state index in [0.717, 1.165) is 25.7 Å². The van der Waals surface area contributed by atoms with E-state index in [4.69, 9.17) is 16.7 Å². The Labute approximate surface area is 128 Å². The molecule has 21 heavy (non-hydrogen) atoms. The lowest BCUT2D eigenvalue weighted by Crippen LogP contribution is -2.37. The van der Waals surface area contributed by atoms with Crippen LogP contribution in [0, 0.1) is 0 Å². The summed E-state index contributed by atoms with van der Waals surface area (Å²) in [4.78, 5) is 22.8. The summed E-state index contributed by atoms with van der Waals surface area (Å²) in [6, 6.07) is 4.13. The van der Waals surface area contributed by atoms with Gasteiger partial charge in [-0.15, -0.1) is 0 Å². The molecule has 0 aliphatic heterocycles. The van der Waals surface area contributed by atoms with Gasteiger partial charge in [-0.3, -0.25) is 0 Å². The third kappa shape index (κ3) is 4.63. The Hall–Kier alpha value is -1.75. The van der Waals surface area contributed by atoms with Gasteiger partial charge in [-0.2, -0.15) is 0 Å². The molecule has 0 spiro atoms. The topological polar surface area (TPSA) is 78.4 Å². The monoisotopic (exact) mass is 310 g/mol. The first-order chi connectivity index (χ1) is 10.1. The number of nitrogens with one attached hydrogen (secondary N) is 2. The molecule has 1 aliphatic carbocycles. The second kappa shape index (κ2) is 7.31. The quantitative estimate of drug-likeness (QED) is 0.741. The minimum atomic E-state index is -1.05. The normalized spacial score (nSPS) is 16.0. The Kier molecular flexibility index (Phi) is 5.44. The van der Waals surface area contributed by atoms with Crippen LogP contribution >= 0.6 is 11.6 Å². The first-order valence-corrected chi connectivity index (χ1v) is 7.54. The lowest BCUT2D eigenvalue weighted by Gasteiger charge is -2.17. The summed E-state index contributed by atoms with van der Waals surface area (Å²) in [5, 5.41) is 14.7. The Morgan fingerprint density at radius 3 is 2.38 bits per heavy atom. The van der Waals surface area contributed by atoms with Gasteiger partial charge in [-0.1, -0.05) is 37.3 Å². The number of aromatic carboxylic acids is 1. The van der Waals surface area contributed by atoms with Crippen LogP contribution in [0.1, 0.15) is 48.9 Å². The number of benzene rings is 1. The fraction of sp³-hybridized carbons (Fsp3) is 0.467. The van der Waals surface area contributed by atoms with Crippen molar-refractivity contribution in [1.82, 2.24) is 5.32 Å². The number of hydrogen-bond acceptors (Lipinski definition) is 2. The second-order valence-electron chi connectivity index (χ2n) is 5.29. The van der Waals surface area contributed by atoms with Crippen molar-refractivity contribution in [2.75, 3.05) is 5.32 Å². The molecule has 0 atom stereocenters. The number of carboxylic acid groups (broad SMARTS) is 1. The van der Waals surface area contributed by atoms with E-state index in [9.17, 15) is 9.59 Å². The zero-order chi connectivity index (χ0) is 15.2. The van der Waals surface area contributed by atoms with Crippen molar-refractivity contribution in [1.29, 1.82) is 0 Å². The summed E-state index contributed by atoms with van der Waals surface area (Å²) < 4.78 is 0. The predicted octanol–water partition coefficient (Wildman–Crippen LogP) is 3.88. The maximum Gasteiger partial charge on any atom is 0.335 e. The molecule has 0 bridgehead atoms. The van der Waals surface area contributed by atoms with Gasteiger partial charge in [0.2, 0.25) is 0 Å². The van der Waals surface area contributed by atoms with Gasteiger partial charge in [0.1, 0.15) is 0 Å². The summed E-state index contributed by atoms with van der Waals surface area (Å²) in [7, 11) is 0. The van der Waals surface area contributed by atoms with Gasteiger partial charge in [0, 0.05) is 6.04 Å². The van der Waals surface area contributed by atoms with E-state index >= 15 is 0 Å². The Morgan fingerprint density at radius 1 is 1.14 bits per heavy atom. The minimum Gasteiger partial charge on any atom is -0.478 e. The van der Waals surface area contributed by atoms with Crippen LogP contribution in [0.15, 0.2) is 18.2 Å². The third-order valence-electron chi connectivity index (χ3n) is 3.65. The van der Waals surface area contributed by atoms with Crippen molar-refractivity contribution in [3.05, 3.63) is 28.8 Å². The molecule has 5 nitrogen and oxygen atoms in total. The molecular weight excluding hydrogens is 292 g/mol. The number of amides is 2. The van der Waals surface area contributed by atoms with Crippen LogP contribution in [0.2, 0.25) is 5.02 Å². The van der Waals surface area contributed by atoms with Crippen LogP contribution in [0.3, 0.4) is 0 Å². The molecule has 2 rings (SSSR count). The number of carboxylic acids is 1. The van der Waals surface area contributed by atoms with Gasteiger partial charge in [-0.05, 0) is 31.0 Å². The molecule has 0 aromatic heterocycles. The van der Waals surface area contributed by atoms with Gasteiger partial charge in [-0.25, -0.2) is 9.59 Å². The molecular formula is C15H19ClN2O3. The SMILES string of the molecule is O=C(Nc1ccc(C(=O)O)cc1Cl)NC1CCCCCC1. The van der Waals surface area contributed by atoms with Crippen LogP contribution in [-0.4, -0.2) is 23.1 Å². The molecule has 0 heterocycles. The Balaban J connectivity index is 1.94. The van der Waals surface area contributed by atoms with E-state index < -0.39 is 5.97 Å². The fourth-order valence-corrected chi connectivity index (χ4v) is 2.74. The lowest BCUT2D eigenvalue weighted by atomic mass is 10.1. The number of anilines is 1. The van der Waals surface area contributed by atoms with Crippen LogP contribution in [0.25, 0.3) is 0 Å². The number of rotatable bonds is 3. The molecule has 0 unspecified atom stereocenters. The van der Waals surface area contributed by atoms with Crippen LogP contribution in [-0.2, 0) is 0 Å². The van der Waals surface area contributed by atoms with Crippen LogP contribution < -0.4 is 10.6 Å². The maximum atomic E-state index is 12.0. The van der Waals surface area contributed by atoms with Crippen molar-refractivity contribution < 1.29 is 14.7 Å². The Bertz CT molecular complexity index is 526. The second-order valence-corrected chi connectivity index (χ2v) is 5.69. The van der Waals surface area contributed by atoms with Crippen molar-refractivity contribution in [2.24, 2.45) is 0 Å². The maximum absolute atomic E-state index is 12.0. The summed E-state index contributed by atoms with van der Waals surface area (Å²) in [6.07, 6.45) is 6.72. The van der Waals surface area contributed by atoms with E-state index in [2.05, 4.69) is 10.6 Å². The van der Waals surface area contributed by atoms with E-state index in [1.54, 1.807) is 0 Å². The standard InChI is InChI=1S/C15H19ClN2O3/c16-12-9-10(14(19)20)7-8-13(12)18-15(21)17-11-5-3-1-2-4-6-11/h7-9,11H,1-6H2,(H,19,20)(H2,17,18,21). The van der Waals surface area contributed by atoms with Crippen molar-refractivity contribution in [3.8, 4) is 0 Å². The molecule has 1 fully saturated rings. The highest BCUT2D eigenvalue weighted by molar-refractivity contribution is 6.34. The van der Waals surface area contributed by atoms with Gasteiger partial charge in [0.05, 0.1) is 16.3 Å². The first-order valence-electron chi connectivity index (χ1n) is 7.16. The van der Waals surface area contributed by atoms with Gasteiger partial charge in [0.25, 0.3) is 0 Å². The molecule has 1 aliphatic rings. The highest BCUT2D eigenvalue weighted by Crippen LogP contribution is 2.23. The average Bonchev–Trinajstić information content (AvgIpc) is 2.69. The molecule has 6 heteroatoms. The number of carbonyl (C=O) groups is 2. The zero-order valence-electron chi connectivity index (χ0n) is 11.7. The highest BCUT2D eigenvalue weighted by atomic mass is 35.5. The number of urea groups is 1. The summed E-state index contributed by atoms with van der Waals surface area (Å²) >= 11 is 5.98. The summed E-state index contributed by atoms with van der Waals surface area (Å²) in [5.74, 6) is -1.05. The predicted molar refractivity (Wildman–Crippen MR) is 82.1 cm³/mol. The summed E-state index contributed by atoms with van der Waals surface area (Å²) in [5.41, 5.74) is 0.502. The van der Waals surface area contributed by atoms with Crippen LogP contribution in [0.4, 0.5) is 10.5 Å². The third-order valence-corrected chi connectivity index (χ3v) is 3.97. The number of carbonyl (C=O) groups excluding carboxylic acids is 1. The van der Waals surface area contributed by atoms with Crippen LogP contribution in [0.5, 0.6) is 0 Å². The summed E-state index contributed by atoms with van der Waals surface area (Å²) in [6.45, 7) is 0. The molecule has 0 radical (unpaired) electrons. The molecule has 3 N–H and O–H groups in total. The van der Waals surface area contributed by atoms with E-state index in [0.29, 0.717) is 5.69 Å². The van der Waals surface area contributed by atoms with Gasteiger partial charge in [0.15, 0.2) is 0 Å². The molecule has 0 saturated heterocycles. The molecule has 1 aromatic rings. The van der Waals surface area contributed by atoms with Gasteiger partial charge < -0.3 is 15.7 Å². The van der Waals surface area contributed by atoms with E-state index in [1.165, 1.54) is 31.0 Å². The van der Waals surface area contributed by atoms with Crippen molar-refractivity contribution >= 4 is 29.3 Å². The Morgan fingerprint density at radius 2 is 1.81 bits per heavy atom. The molecule has 114 valence electrons. The van der Waals surface area contributed by atoms with Crippen molar-refractivity contribution in [3.63, 3.8) is 0 Å². The van der Waals surface area contributed by atoms with E-state index in [-0.39, 0.29) is 22.7 Å². The molecule has 2 amide bonds. The first kappa shape index (κ1) is 15.6. The zero-order valence-corrected chi connectivity index (χ0v) is 12.4. The van der Waals surface area contributed by atoms with Crippen molar-refractivity contribution in [2.45, 2.75) is 44.6 Å². The number of hydrogen-bond donors (Lipinski definition) is 3. The van der Waals surface area contributed by atoms with Gasteiger partial charge >= 0.3 is 12.0 Å². The minimum absolute atomic E-state index is 0.0923.